The number of fused-ring (bicyclic) bond motifs is 1. The van der Waals surface area contributed by atoms with Gasteiger partial charge in [0.05, 0.1) is 12.1 Å². The Morgan fingerprint density at radius 1 is 1.25 bits per heavy atom. The van der Waals surface area contributed by atoms with Gasteiger partial charge < -0.3 is 10.1 Å². The minimum absolute atomic E-state index is 0.202. The molecule has 0 saturated heterocycles. The van der Waals surface area contributed by atoms with Crippen LogP contribution in [0.4, 0.5) is 10.1 Å². The summed E-state index contributed by atoms with van der Waals surface area (Å²) in [4.78, 5) is 0. The first kappa shape index (κ1) is 13.3. The maximum atomic E-state index is 13.0. The van der Waals surface area contributed by atoms with Gasteiger partial charge >= 0.3 is 0 Å². The fourth-order valence-corrected chi connectivity index (χ4v) is 2.87. The van der Waals surface area contributed by atoms with E-state index in [1.807, 2.05) is 24.3 Å². The van der Waals surface area contributed by atoms with Gasteiger partial charge in [0.25, 0.3) is 0 Å². The Labute approximate surface area is 122 Å². The lowest BCUT2D eigenvalue weighted by atomic mass is 9.88. The van der Waals surface area contributed by atoms with Crippen LogP contribution in [0, 0.1) is 5.82 Å². The third kappa shape index (κ3) is 2.46. The summed E-state index contributed by atoms with van der Waals surface area (Å²) in [6.45, 7) is 0.821. The molecule has 3 rings (SSSR count). The lowest BCUT2D eigenvalue weighted by Crippen LogP contribution is -2.21. The maximum Gasteiger partial charge on any atom is 0.137 e. The summed E-state index contributed by atoms with van der Waals surface area (Å²) in [6.07, 6.45) is 0.890. The lowest BCUT2D eigenvalue weighted by molar-refractivity contribution is 0.414. The Morgan fingerprint density at radius 3 is 2.70 bits per heavy atom. The van der Waals surface area contributed by atoms with Gasteiger partial charge in [0.1, 0.15) is 11.6 Å². The van der Waals surface area contributed by atoms with Crippen molar-refractivity contribution < 1.29 is 9.13 Å². The van der Waals surface area contributed by atoms with Gasteiger partial charge in [-0.15, -0.1) is 0 Å². The number of anilines is 1. The Hall–Kier alpha value is -1.74. The molecule has 1 aliphatic heterocycles. The zero-order valence-electron chi connectivity index (χ0n) is 11.1. The van der Waals surface area contributed by atoms with Crippen molar-refractivity contribution >= 4 is 17.3 Å². The molecule has 104 valence electrons. The predicted octanol–water partition coefficient (Wildman–Crippen LogP) is 4.24. The van der Waals surface area contributed by atoms with Crippen LogP contribution in [-0.2, 0) is 6.42 Å². The molecule has 2 nitrogen and oxygen atoms in total. The van der Waals surface area contributed by atoms with Crippen molar-refractivity contribution in [3.05, 3.63) is 58.4 Å². The molecule has 0 saturated carbocycles. The molecule has 1 atom stereocenters. The molecule has 0 bridgehead atoms. The van der Waals surface area contributed by atoms with Crippen LogP contribution < -0.4 is 10.1 Å². The number of benzene rings is 2. The van der Waals surface area contributed by atoms with Gasteiger partial charge in [0, 0.05) is 18.2 Å². The molecular formula is C16H15ClFNO. The highest BCUT2D eigenvalue weighted by molar-refractivity contribution is 6.32. The van der Waals surface area contributed by atoms with E-state index in [-0.39, 0.29) is 5.82 Å². The van der Waals surface area contributed by atoms with E-state index in [4.69, 9.17) is 16.3 Å². The summed E-state index contributed by atoms with van der Waals surface area (Å²) >= 11 is 6.13. The second-order valence-corrected chi connectivity index (χ2v) is 5.38. The van der Waals surface area contributed by atoms with Crippen molar-refractivity contribution in [3.8, 4) is 5.75 Å². The van der Waals surface area contributed by atoms with Crippen LogP contribution in [0.3, 0.4) is 0 Å². The third-order valence-electron chi connectivity index (χ3n) is 3.72. The van der Waals surface area contributed by atoms with Gasteiger partial charge in [-0.3, -0.25) is 0 Å². The van der Waals surface area contributed by atoms with Gasteiger partial charge in [-0.2, -0.15) is 0 Å². The topological polar surface area (TPSA) is 21.3 Å². The fourth-order valence-electron chi connectivity index (χ4n) is 2.63. The smallest absolute Gasteiger partial charge is 0.137 e. The number of ether oxygens (including phenoxy) is 1. The van der Waals surface area contributed by atoms with E-state index in [9.17, 15) is 4.39 Å². The van der Waals surface area contributed by atoms with Gasteiger partial charge in [0.2, 0.25) is 0 Å². The SMILES string of the molecule is COc1cc2c(cc1Cl)NCC(c1ccc(F)cc1)C2. The van der Waals surface area contributed by atoms with Crippen molar-refractivity contribution in [2.75, 3.05) is 19.0 Å². The number of halogens is 2. The standard InChI is InChI=1S/C16H15ClFNO/c1-20-16-7-11-6-12(9-19-15(11)8-14(16)17)10-2-4-13(18)5-3-10/h2-5,7-8,12,19H,6,9H2,1H3. The molecule has 0 aliphatic carbocycles. The van der Waals surface area contributed by atoms with Crippen molar-refractivity contribution in [3.63, 3.8) is 0 Å². The van der Waals surface area contributed by atoms with E-state index in [0.717, 1.165) is 24.2 Å². The van der Waals surface area contributed by atoms with E-state index in [1.165, 1.54) is 17.7 Å². The molecule has 0 aromatic heterocycles. The number of hydrogen-bond acceptors (Lipinski definition) is 2. The highest BCUT2D eigenvalue weighted by Gasteiger charge is 2.21. The van der Waals surface area contributed by atoms with Gasteiger partial charge in [-0.05, 0) is 41.8 Å². The molecule has 0 fully saturated rings. The molecule has 0 spiro atoms. The molecule has 1 unspecified atom stereocenters. The maximum absolute atomic E-state index is 13.0. The zero-order chi connectivity index (χ0) is 14.1. The third-order valence-corrected chi connectivity index (χ3v) is 4.02. The second-order valence-electron chi connectivity index (χ2n) is 4.98. The number of methoxy groups -OCH3 is 1. The molecule has 1 heterocycles. The molecule has 0 radical (unpaired) electrons. The van der Waals surface area contributed by atoms with E-state index < -0.39 is 0 Å². The first-order chi connectivity index (χ1) is 9.67. The van der Waals surface area contributed by atoms with Gasteiger partial charge in [0.15, 0.2) is 0 Å². The molecule has 2 aromatic rings. The quantitative estimate of drug-likeness (QED) is 0.893. The first-order valence-corrected chi connectivity index (χ1v) is 6.91. The number of nitrogens with one attached hydrogen (secondary N) is 1. The van der Waals surface area contributed by atoms with Crippen molar-refractivity contribution in [2.45, 2.75) is 12.3 Å². The normalized spacial score (nSPS) is 17.2. The summed E-state index contributed by atoms with van der Waals surface area (Å²) < 4.78 is 18.2. The van der Waals surface area contributed by atoms with Crippen molar-refractivity contribution in [1.82, 2.24) is 0 Å². The predicted molar refractivity (Wildman–Crippen MR) is 79.3 cm³/mol. The summed E-state index contributed by atoms with van der Waals surface area (Å²) in [5.74, 6) is 0.812. The van der Waals surface area contributed by atoms with Crippen LogP contribution in [-0.4, -0.2) is 13.7 Å². The Bertz CT molecular complexity index is 627. The van der Waals surface area contributed by atoms with Crippen LogP contribution in [0.15, 0.2) is 36.4 Å². The Morgan fingerprint density at radius 2 is 2.00 bits per heavy atom. The molecular weight excluding hydrogens is 277 g/mol. The fraction of sp³-hybridized carbons (Fsp3) is 0.250. The number of hydrogen-bond donors (Lipinski definition) is 1. The highest BCUT2D eigenvalue weighted by atomic mass is 35.5. The van der Waals surface area contributed by atoms with Crippen LogP contribution >= 0.6 is 11.6 Å². The van der Waals surface area contributed by atoms with Crippen LogP contribution in [0.2, 0.25) is 5.02 Å². The van der Waals surface area contributed by atoms with E-state index >= 15 is 0 Å². The average molecular weight is 292 g/mol. The van der Waals surface area contributed by atoms with E-state index in [0.29, 0.717) is 16.7 Å². The average Bonchev–Trinajstić information content (AvgIpc) is 2.47. The van der Waals surface area contributed by atoms with Crippen molar-refractivity contribution in [2.24, 2.45) is 0 Å². The highest BCUT2D eigenvalue weighted by Crippen LogP contribution is 2.37. The largest absolute Gasteiger partial charge is 0.495 e. The van der Waals surface area contributed by atoms with Crippen LogP contribution in [0.1, 0.15) is 17.0 Å². The molecule has 4 heteroatoms. The zero-order valence-corrected chi connectivity index (χ0v) is 11.9. The molecule has 0 amide bonds. The summed E-state index contributed by atoms with van der Waals surface area (Å²) in [7, 11) is 1.61. The van der Waals surface area contributed by atoms with Gasteiger partial charge in [-0.1, -0.05) is 23.7 Å². The van der Waals surface area contributed by atoms with Crippen LogP contribution in [0.25, 0.3) is 0 Å². The number of rotatable bonds is 2. The lowest BCUT2D eigenvalue weighted by Gasteiger charge is -2.27. The molecule has 2 aromatic carbocycles. The van der Waals surface area contributed by atoms with E-state index in [2.05, 4.69) is 5.32 Å². The molecule has 20 heavy (non-hydrogen) atoms. The van der Waals surface area contributed by atoms with Gasteiger partial charge in [-0.25, -0.2) is 4.39 Å². The Kier molecular flexibility index (Phi) is 3.53. The monoisotopic (exact) mass is 291 g/mol. The summed E-state index contributed by atoms with van der Waals surface area (Å²) in [6, 6.07) is 10.6. The summed E-state index contributed by atoms with van der Waals surface area (Å²) in [5, 5.41) is 3.99. The minimum Gasteiger partial charge on any atom is -0.495 e. The summed E-state index contributed by atoms with van der Waals surface area (Å²) in [5.41, 5.74) is 3.36. The first-order valence-electron chi connectivity index (χ1n) is 6.53. The van der Waals surface area contributed by atoms with Crippen LogP contribution in [0.5, 0.6) is 5.75 Å². The second kappa shape index (κ2) is 5.33. The Balaban J connectivity index is 1.89. The molecule has 1 aliphatic rings. The minimum atomic E-state index is -0.202. The van der Waals surface area contributed by atoms with Crippen molar-refractivity contribution in [1.29, 1.82) is 0 Å². The van der Waals surface area contributed by atoms with E-state index in [1.54, 1.807) is 7.11 Å². The molecule has 1 N–H and O–H groups in total.